The van der Waals surface area contributed by atoms with Crippen LogP contribution in [0, 0.1) is 0 Å². The maximum Gasteiger partial charge on any atom is 0.0704 e. The van der Waals surface area contributed by atoms with Crippen LogP contribution in [0.5, 0.6) is 0 Å². The van der Waals surface area contributed by atoms with Crippen molar-refractivity contribution in [2.24, 2.45) is 5.73 Å². The molecule has 3 aromatic rings. The molecule has 0 aliphatic carbocycles. The van der Waals surface area contributed by atoms with Gasteiger partial charge in [0.25, 0.3) is 0 Å². The van der Waals surface area contributed by atoms with Crippen molar-refractivity contribution < 1.29 is 5.11 Å². The van der Waals surface area contributed by atoms with E-state index in [9.17, 15) is 5.11 Å². The summed E-state index contributed by atoms with van der Waals surface area (Å²) in [7, 11) is 0. The number of aryl methyl sites for hydroxylation is 1. The largest absolute Gasteiger partial charge is 0.391 e. The molecule has 0 saturated carbocycles. The number of aliphatic hydroxyl groups excluding tert-OH is 1. The van der Waals surface area contributed by atoms with Gasteiger partial charge in [-0.3, -0.25) is 0 Å². The third-order valence-corrected chi connectivity index (χ3v) is 4.02. The molecule has 3 nitrogen and oxygen atoms in total. The van der Waals surface area contributed by atoms with Crippen molar-refractivity contribution in [2.45, 2.75) is 32.5 Å². The summed E-state index contributed by atoms with van der Waals surface area (Å²) < 4.78 is 2.31. The standard InChI is InChI=1S/C17H20N2O.ClH/c1-3-19-15-7-5-4-6-13(15)14-10-12(8-9-16(14)19)17(18)11(2)20;/h4-11,17,20H,3,18H2,1-2H3;1H/t11-,17-;/m0./s1. The highest BCUT2D eigenvalue weighted by Gasteiger charge is 2.15. The molecule has 2 aromatic carbocycles. The van der Waals surface area contributed by atoms with Gasteiger partial charge in [0.2, 0.25) is 0 Å². The minimum atomic E-state index is -0.549. The van der Waals surface area contributed by atoms with Crippen LogP contribution in [0.25, 0.3) is 21.8 Å². The van der Waals surface area contributed by atoms with Crippen LogP contribution in [-0.2, 0) is 6.54 Å². The minimum absolute atomic E-state index is 0. The molecule has 4 heteroatoms. The summed E-state index contributed by atoms with van der Waals surface area (Å²) in [5.74, 6) is 0. The lowest BCUT2D eigenvalue weighted by atomic mass is 10.0. The van der Waals surface area contributed by atoms with E-state index >= 15 is 0 Å². The average Bonchev–Trinajstić information content (AvgIpc) is 2.79. The van der Waals surface area contributed by atoms with E-state index in [0.29, 0.717) is 0 Å². The highest BCUT2D eigenvalue weighted by Crippen LogP contribution is 2.31. The summed E-state index contributed by atoms with van der Waals surface area (Å²) in [6.45, 7) is 4.82. The Bertz CT molecular complexity index is 764. The van der Waals surface area contributed by atoms with Gasteiger partial charge in [-0.15, -0.1) is 12.4 Å². The molecule has 0 spiro atoms. The molecule has 0 radical (unpaired) electrons. The Balaban J connectivity index is 0.00000161. The van der Waals surface area contributed by atoms with Crippen LogP contribution < -0.4 is 5.73 Å². The fraction of sp³-hybridized carbons (Fsp3) is 0.294. The monoisotopic (exact) mass is 304 g/mol. The molecule has 1 aromatic heterocycles. The van der Waals surface area contributed by atoms with E-state index < -0.39 is 6.10 Å². The average molecular weight is 305 g/mol. The SMILES string of the molecule is CCn1c2ccccc2c2cc([C@@H](N)[C@H](C)O)ccc21.Cl. The van der Waals surface area contributed by atoms with Gasteiger partial charge in [0.1, 0.15) is 0 Å². The number of fused-ring (bicyclic) bond motifs is 3. The molecule has 112 valence electrons. The van der Waals surface area contributed by atoms with Gasteiger partial charge in [-0.05, 0) is 37.6 Å². The van der Waals surface area contributed by atoms with Gasteiger partial charge in [-0.2, -0.15) is 0 Å². The number of aromatic nitrogens is 1. The third kappa shape index (κ3) is 2.53. The second-order valence-electron chi connectivity index (χ2n) is 5.30. The van der Waals surface area contributed by atoms with E-state index in [0.717, 1.165) is 12.1 Å². The first-order valence-corrected chi connectivity index (χ1v) is 7.08. The zero-order valence-corrected chi connectivity index (χ0v) is 13.1. The van der Waals surface area contributed by atoms with Gasteiger partial charge in [0.05, 0.1) is 12.1 Å². The molecule has 1 heterocycles. The van der Waals surface area contributed by atoms with Crippen molar-refractivity contribution in [2.75, 3.05) is 0 Å². The lowest BCUT2D eigenvalue weighted by molar-refractivity contribution is 0.164. The normalized spacial score (nSPS) is 14.1. The van der Waals surface area contributed by atoms with E-state index in [-0.39, 0.29) is 18.4 Å². The molecule has 0 aliphatic heterocycles. The maximum atomic E-state index is 9.68. The summed E-state index contributed by atoms with van der Waals surface area (Å²) in [6, 6.07) is 14.3. The molecule has 3 rings (SSSR count). The van der Waals surface area contributed by atoms with Crippen LogP contribution in [-0.4, -0.2) is 15.8 Å². The van der Waals surface area contributed by atoms with Crippen molar-refractivity contribution in [3.05, 3.63) is 48.0 Å². The van der Waals surface area contributed by atoms with Gasteiger partial charge < -0.3 is 15.4 Å². The smallest absolute Gasteiger partial charge is 0.0704 e. The second kappa shape index (κ2) is 6.06. The number of halogens is 1. The Kier molecular flexibility index (Phi) is 4.57. The number of nitrogens with two attached hydrogens (primary N) is 1. The van der Waals surface area contributed by atoms with Gasteiger partial charge in [0.15, 0.2) is 0 Å². The zero-order chi connectivity index (χ0) is 14.3. The number of benzene rings is 2. The van der Waals surface area contributed by atoms with Crippen molar-refractivity contribution in [3.8, 4) is 0 Å². The predicted molar refractivity (Wildman–Crippen MR) is 91.0 cm³/mol. The Morgan fingerprint density at radius 1 is 1.10 bits per heavy atom. The number of rotatable bonds is 3. The number of aliphatic hydroxyl groups is 1. The summed E-state index contributed by atoms with van der Waals surface area (Å²) in [5.41, 5.74) is 9.49. The number of hydrogen-bond acceptors (Lipinski definition) is 2. The summed E-state index contributed by atoms with van der Waals surface area (Å²) in [6.07, 6.45) is -0.549. The molecule has 2 atom stereocenters. The summed E-state index contributed by atoms with van der Waals surface area (Å²) in [5, 5.41) is 12.1. The van der Waals surface area contributed by atoms with E-state index in [1.807, 2.05) is 6.07 Å². The topological polar surface area (TPSA) is 51.2 Å². The minimum Gasteiger partial charge on any atom is -0.391 e. The fourth-order valence-corrected chi connectivity index (χ4v) is 2.90. The first-order chi connectivity index (χ1) is 9.63. The lowest BCUT2D eigenvalue weighted by Crippen LogP contribution is -2.22. The number of hydrogen-bond donors (Lipinski definition) is 2. The van der Waals surface area contributed by atoms with E-state index in [1.54, 1.807) is 6.92 Å². The predicted octanol–water partition coefficient (Wildman–Crippen LogP) is 3.62. The molecular formula is C17H21ClN2O. The fourth-order valence-electron chi connectivity index (χ4n) is 2.90. The lowest BCUT2D eigenvalue weighted by Gasteiger charge is -2.15. The number of nitrogens with zero attached hydrogens (tertiary/aromatic N) is 1. The zero-order valence-electron chi connectivity index (χ0n) is 12.3. The molecule has 0 amide bonds. The van der Waals surface area contributed by atoms with Crippen LogP contribution in [0.4, 0.5) is 0 Å². The third-order valence-electron chi connectivity index (χ3n) is 4.02. The first kappa shape index (κ1) is 15.8. The van der Waals surface area contributed by atoms with Crippen LogP contribution in [0.2, 0.25) is 0 Å². The molecule has 0 fully saturated rings. The van der Waals surface area contributed by atoms with E-state index in [4.69, 9.17) is 5.73 Å². The Labute approximate surface area is 130 Å². The van der Waals surface area contributed by atoms with Crippen LogP contribution >= 0.6 is 12.4 Å². The van der Waals surface area contributed by atoms with Gasteiger partial charge >= 0.3 is 0 Å². The van der Waals surface area contributed by atoms with Gasteiger partial charge in [-0.1, -0.05) is 24.3 Å². The van der Waals surface area contributed by atoms with Crippen molar-refractivity contribution in [1.82, 2.24) is 4.57 Å². The van der Waals surface area contributed by atoms with Crippen molar-refractivity contribution in [3.63, 3.8) is 0 Å². The highest BCUT2D eigenvalue weighted by atomic mass is 35.5. The Morgan fingerprint density at radius 2 is 1.76 bits per heavy atom. The van der Waals surface area contributed by atoms with Crippen LogP contribution in [0.15, 0.2) is 42.5 Å². The van der Waals surface area contributed by atoms with Gasteiger partial charge in [0, 0.05) is 28.4 Å². The molecule has 0 unspecified atom stereocenters. The van der Waals surface area contributed by atoms with Gasteiger partial charge in [-0.25, -0.2) is 0 Å². The van der Waals surface area contributed by atoms with E-state index in [2.05, 4.69) is 47.9 Å². The number of para-hydroxylation sites is 1. The highest BCUT2D eigenvalue weighted by molar-refractivity contribution is 6.08. The Hall–Kier alpha value is -1.55. The summed E-state index contributed by atoms with van der Waals surface area (Å²) >= 11 is 0. The maximum absolute atomic E-state index is 9.68. The van der Waals surface area contributed by atoms with Crippen molar-refractivity contribution in [1.29, 1.82) is 0 Å². The van der Waals surface area contributed by atoms with Crippen LogP contribution in [0.1, 0.15) is 25.5 Å². The quantitative estimate of drug-likeness (QED) is 0.776. The molecule has 3 N–H and O–H groups in total. The van der Waals surface area contributed by atoms with Crippen molar-refractivity contribution >= 4 is 34.2 Å². The van der Waals surface area contributed by atoms with E-state index in [1.165, 1.54) is 21.8 Å². The summed E-state index contributed by atoms with van der Waals surface area (Å²) in [4.78, 5) is 0. The molecule has 0 aliphatic rings. The Morgan fingerprint density at radius 3 is 2.43 bits per heavy atom. The molecule has 0 bridgehead atoms. The molecule has 0 saturated heterocycles. The molecule has 21 heavy (non-hydrogen) atoms. The molecular weight excluding hydrogens is 284 g/mol. The first-order valence-electron chi connectivity index (χ1n) is 7.08. The second-order valence-corrected chi connectivity index (χ2v) is 5.30. The van der Waals surface area contributed by atoms with Crippen LogP contribution in [0.3, 0.4) is 0 Å².